The second-order valence-electron chi connectivity index (χ2n) is 8.57. The number of pyridine rings is 1. The van der Waals surface area contributed by atoms with Crippen molar-refractivity contribution in [2.45, 2.75) is 32.2 Å². The summed E-state index contributed by atoms with van der Waals surface area (Å²) in [6.07, 6.45) is -1.40. The first-order chi connectivity index (χ1) is 17.3. The lowest BCUT2D eigenvalue weighted by Gasteiger charge is -2.33. The van der Waals surface area contributed by atoms with Crippen LogP contribution in [0.2, 0.25) is 0 Å². The molecule has 0 radical (unpaired) electrons. The van der Waals surface area contributed by atoms with Gasteiger partial charge in [0.15, 0.2) is 5.78 Å². The molecule has 1 aliphatic heterocycles. The highest BCUT2D eigenvalue weighted by atomic mass is 32.2. The normalized spacial score (nSPS) is 16.1. The number of hydrogen-bond acceptors (Lipinski definition) is 8. The number of Topliss-reactive ketones (excluding diaryl/α,β-unsaturated/α-hetero) is 1. The van der Waals surface area contributed by atoms with E-state index in [1.165, 1.54) is 28.0 Å². The van der Waals surface area contributed by atoms with Crippen LogP contribution in [0.5, 0.6) is 0 Å². The maximum absolute atomic E-state index is 13.5. The van der Waals surface area contributed by atoms with Crippen LogP contribution in [0.4, 0.5) is 24.7 Å². The molecule has 37 heavy (non-hydrogen) atoms. The van der Waals surface area contributed by atoms with Gasteiger partial charge in [0.2, 0.25) is 0 Å². The van der Waals surface area contributed by atoms with Gasteiger partial charge in [0.1, 0.15) is 11.5 Å². The highest BCUT2D eigenvalue weighted by molar-refractivity contribution is 7.85. The summed E-state index contributed by atoms with van der Waals surface area (Å²) in [5.74, 6) is -0.913. The standard InChI is InChI=1S/C23H22F3N5O5S/c1-13-11-30(16-5-6-18(23(24,25)26)15(8-16)12-36-37(2,34)35)22(33)20-14(10-29-31(13)20)9-19(32)17-4-3-7-28-21(17)27/h3-8,10,13H,9,11-12H2,1-2H3,(H2,27,28)/t13-/m0/s1. The number of nitrogens with zero attached hydrogens (tertiary/aromatic N) is 4. The predicted molar refractivity (Wildman–Crippen MR) is 126 cm³/mol. The van der Waals surface area contributed by atoms with Crippen LogP contribution in [0.25, 0.3) is 0 Å². The SMILES string of the molecule is C[C@H]1CN(c2ccc(C(F)(F)F)c(COS(C)(=O)=O)c2)C(=O)c2c(CC(=O)c3cccnc3N)cnn21. The molecule has 4 rings (SSSR count). The number of anilines is 2. The Labute approximate surface area is 210 Å². The Morgan fingerprint density at radius 1 is 1.24 bits per heavy atom. The highest BCUT2D eigenvalue weighted by Crippen LogP contribution is 2.36. The molecule has 1 atom stereocenters. The molecule has 10 nitrogen and oxygen atoms in total. The van der Waals surface area contributed by atoms with Gasteiger partial charge in [0.05, 0.1) is 36.2 Å². The van der Waals surface area contributed by atoms with Crippen LogP contribution < -0.4 is 10.6 Å². The van der Waals surface area contributed by atoms with E-state index < -0.39 is 39.9 Å². The number of nitrogens with two attached hydrogens (primary N) is 1. The van der Waals surface area contributed by atoms with Gasteiger partial charge in [-0.1, -0.05) is 0 Å². The summed E-state index contributed by atoms with van der Waals surface area (Å²) in [5, 5.41) is 4.24. The summed E-state index contributed by atoms with van der Waals surface area (Å²) < 4.78 is 69.5. The van der Waals surface area contributed by atoms with Crippen molar-refractivity contribution >= 4 is 33.3 Å². The summed E-state index contributed by atoms with van der Waals surface area (Å²) in [6.45, 7) is 0.982. The fraction of sp³-hybridized carbons (Fsp3) is 0.304. The third-order valence-electron chi connectivity index (χ3n) is 5.81. The van der Waals surface area contributed by atoms with Gasteiger partial charge in [0.25, 0.3) is 16.0 Å². The van der Waals surface area contributed by atoms with Gasteiger partial charge in [-0.05, 0) is 42.8 Å². The maximum Gasteiger partial charge on any atom is 0.416 e. The summed E-state index contributed by atoms with van der Waals surface area (Å²) in [5.41, 5.74) is 4.99. The second kappa shape index (κ2) is 9.59. The molecule has 0 bridgehead atoms. The molecule has 1 aromatic carbocycles. The average Bonchev–Trinajstić information content (AvgIpc) is 3.23. The van der Waals surface area contributed by atoms with E-state index >= 15 is 0 Å². The lowest BCUT2D eigenvalue weighted by atomic mass is 10.0. The Morgan fingerprint density at radius 3 is 2.62 bits per heavy atom. The summed E-state index contributed by atoms with van der Waals surface area (Å²) in [6, 6.07) is 5.67. The maximum atomic E-state index is 13.5. The van der Waals surface area contributed by atoms with E-state index in [0.717, 1.165) is 24.5 Å². The van der Waals surface area contributed by atoms with Crippen LogP contribution >= 0.6 is 0 Å². The third kappa shape index (κ3) is 5.49. The van der Waals surface area contributed by atoms with Crippen molar-refractivity contribution in [3.8, 4) is 0 Å². The monoisotopic (exact) mass is 537 g/mol. The summed E-state index contributed by atoms with van der Waals surface area (Å²) >= 11 is 0. The zero-order chi connectivity index (χ0) is 27.1. The fourth-order valence-electron chi connectivity index (χ4n) is 4.11. The third-order valence-corrected chi connectivity index (χ3v) is 6.35. The summed E-state index contributed by atoms with van der Waals surface area (Å²) in [4.78, 5) is 31.5. The molecule has 1 amide bonds. The van der Waals surface area contributed by atoms with E-state index in [0.29, 0.717) is 5.56 Å². The van der Waals surface area contributed by atoms with Crippen molar-refractivity contribution in [3.63, 3.8) is 0 Å². The number of fused-ring (bicyclic) bond motifs is 1. The molecule has 196 valence electrons. The van der Waals surface area contributed by atoms with E-state index in [1.807, 2.05) is 0 Å². The van der Waals surface area contributed by atoms with Gasteiger partial charge >= 0.3 is 6.18 Å². The van der Waals surface area contributed by atoms with Crippen molar-refractivity contribution in [2.75, 3.05) is 23.4 Å². The number of halogens is 3. The van der Waals surface area contributed by atoms with Gasteiger partial charge in [-0.3, -0.25) is 18.5 Å². The van der Waals surface area contributed by atoms with Crippen molar-refractivity contribution in [2.24, 2.45) is 0 Å². The Bertz CT molecular complexity index is 1490. The number of carbonyl (C=O) groups excluding carboxylic acids is 2. The van der Waals surface area contributed by atoms with Crippen LogP contribution in [-0.4, -0.2) is 47.7 Å². The van der Waals surface area contributed by atoms with Crippen LogP contribution in [-0.2, 0) is 33.5 Å². The van der Waals surface area contributed by atoms with Crippen molar-refractivity contribution < 1.29 is 35.4 Å². The largest absolute Gasteiger partial charge is 0.416 e. The molecule has 3 heterocycles. The predicted octanol–water partition coefficient (Wildman–Crippen LogP) is 3.00. The topological polar surface area (TPSA) is 137 Å². The van der Waals surface area contributed by atoms with Crippen LogP contribution in [0, 0.1) is 0 Å². The van der Waals surface area contributed by atoms with E-state index in [4.69, 9.17) is 5.73 Å². The molecular formula is C23H22F3N5O5S. The smallest absolute Gasteiger partial charge is 0.383 e. The van der Waals surface area contributed by atoms with Gasteiger partial charge in [-0.2, -0.15) is 26.7 Å². The lowest BCUT2D eigenvalue weighted by Crippen LogP contribution is -2.43. The van der Waals surface area contributed by atoms with Crippen molar-refractivity contribution in [3.05, 3.63) is 70.7 Å². The Hall–Kier alpha value is -3.78. The van der Waals surface area contributed by atoms with Crippen molar-refractivity contribution in [1.29, 1.82) is 0 Å². The van der Waals surface area contributed by atoms with Gasteiger partial charge < -0.3 is 10.6 Å². The van der Waals surface area contributed by atoms with E-state index in [-0.39, 0.29) is 47.6 Å². The van der Waals surface area contributed by atoms with Crippen LogP contribution in [0.1, 0.15) is 50.5 Å². The van der Waals surface area contributed by atoms with Crippen LogP contribution in [0.3, 0.4) is 0 Å². The minimum atomic E-state index is -4.77. The van der Waals surface area contributed by atoms with E-state index in [1.54, 1.807) is 13.0 Å². The molecule has 1 aliphatic rings. The molecule has 0 saturated heterocycles. The van der Waals surface area contributed by atoms with Gasteiger partial charge in [-0.15, -0.1) is 0 Å². The minimum absolute atomic E-state index is 0.0449. The molecular weight excluding hydrogens is 515 g/mol. The molecule has 0 unspecified atom stereocenters. The number of ketones is 1. The fourth-order valence-corrected chi connectivity index (χ4v) is 4.45. The molecule has 14 heteroatoms. The molecule has 0 spiro atoms. The number of alkyl halides is 3. The zero-order valence-electron chi connectivity index (χ0n) is 19.7. The molecule has 2 N–H and O–H groups in total. The first-order valence-corrected chi connectivity index (χ1v) is 12.7. The van der Waals surface area contributed by atoms with Gasteiger partial charge in [-0.25, -0.2) is 4.98 Å². The first kappa shape index (κ1) is 26.3. The zero-order valence-corrected chi connectivity index (χ0v) is 20.5. The van der Waals surface area contributed by atoms with Crippen LogP contribution in [0.15, 0.2) is 42.7 Å². The number of aromatic nitrogens is 3. The van der Waals surface area contributed by atoms with Gasteiger partial charge in [0, 0.05) is 30.4 Å². The molecule has 0 fully saturated rings. The van der Waals surface area contributed by atoms with Crippen molar-refractivity contribution in [1.82, 2.24) is 14.8 Å². The number of amides is 1. The molecule has 2 aromatic heterocycles. The quantitative estimate of drug-likeness (QED) is 0.359. The average molecular weight is 538 g/mol. The van der Waals surface area contributed by atoms with E-state index in [2.05, 4.69) is 14.3 Å². The Balaban J connectivity index is 1.69. The molecule has 3 aromatic rings. The lowest BCUT2D eigenvalue weighted by molar-refractivity contribution is -0.138. The second-order valence-corrected chi connectivity index (χ2v) is 10.2. The molecule has 0 saturated carbocycles. The number of nitrogen functional groups attached to an aromatic ring is 1. The first-order valence-electron chi connectivity index (χ1n) is 10.9. The molecule has 0 aliphatic carbocycles. The summed E-state index contributed by atoms with van der Waals surface area (Å²) in [7, 11) is -4.02. The Morgan fingerprint density at radius 2 is 1.97 bits per heavy atom. The van der Waals surface area contributed by atoms with E-state index in [9.17, 15) is 31.2 Å². The minimum Gasteiger partial charge on any atom is -0.383 e. The number of benzene rings is 1. The number of hydrogen-bond donors (Lipinski definition) is 1. The highest BCUT2D eigenvalue weighted by Gasteiger charge is 2.37. The number of rotatable bonds is 7. The number of carbonyl (C=O) groups is 2. The Kier molecular flexibility index (Phi) is 6.81.